The Morgan fingerprint density at radius 2 is 0.692 bits per heavy atom. The molecule has 0 aliphatic carbocycles. The Morgan fingerprint density at radius 1 is 0.692 bits per heavy atom. The minimum atomic E-state index is -1.58. The van der Waals surface area contributed by atoms with Crippen molar-refractivity contribution in [3.8, 4) is 0 Å². The first kappa shape index (κ1) is 22.4. The van der Waals surface area contributed by atoms with Gasteiger partial charge in [-0.05, 0) is 0 Å². The van der Waals surface area contributed by atoms with Crippen molar-refractivity contribution in [2.45, 2.75) is 0 Å². The lowest BCUT2D eigenvalue weighted by atomic mass is 11.3. The SMILES string of the molecule is NC(=O)[O-].NC(=O)[O-].NC(=O)[O-].[N+3]. The smallest absolute Gasteiger partial charge is 0.530 e. The van der Waals surface area contributed by atoms with Crippen LogP contribution < -0.4 is 38.7 Å². The summed E-state index contributed by atoms with van der Waals surface area (Å²) in [6.45, 7) is 0. The van der Waals surface area contributed by atoms with Crippen molar-refractivity contribution in [3.63, 3.8) is 0 Å². The molecule has 0 aliphatic rings. The molecule has 0 heterocycles. The fraction of sp³-hybridized carbons (Fsp3) is 0. The molecule has 0 aromatic carbocycles. The summed E-state index contributed by atoms with van der Waals surface area (Å²) in [6.07, 6.45) is -4.75. The summed E-state index contributed by atoms with van der Waals surface area (Å²) < 4.78 is 0. The number of carbonyl (C=O) groups excluding carboxylic acids is 3. The Morgan fingerprint density at radius 3 is 0.692 bits per heavy atom. The third-order valence-electron chi connectivity index (χ3n) is 0. The minimum absolute atomic E-state index is 0. The number of carbonyl (C=O) groups is 3. The van der Waals surface area contributed by atoms with Crippen LogP contribution in [-0.4, -0.2) is 18.3 Å². The number of amides is 3. The third-order valence-corrected chi connectivity index (χ3v) is 0. The monoisotopic (exact) mass is 194 g/mol. The van der Waals surface area contributed by atoms with Crippen molar-refractivity contribution in [2.24, 2.45) is 17.2 Å². The van der Waals surface area contributed by atoms with Gasteiger partial charge in [-0.3, -0.25) is 0 Å². The third kappa shape index (κ3) is 87.5. The second-order valence-corrected chi connectivity index (χ2v) is 0.957. The maximum absolute atomic E-state index is 8.67. The van der Waals surface area contributed by atoms with Gasteiger partial charge >= 0.3 is 6.15 Å². The zero-order valence-corrected chi connectivity index (χ0v) is 6.13. The van der Waals surface area contributed by atoms with E-state index in [1.807, 2.05) is 0 Å². The van der Waals surface area contributed by atoms with Crippen molar-refractivity contribution in [2.75, 3.05) is 0 Å². The first-order valence-electron chi connectivity index (χ1n) is 2.09. The molecule has 0 unspecified atom stereocenters. The van der Waals surface area contributed by atoms with E-state index in [1.165, 1.54) is 0 Å². The lowest BCUT2D eigenvalue weighted by molar-refractivity contribution is -0.246. The van der Waals surface area contributed by atoms with Gasteiger partial charge in [0.15, 0.2) is 0 Å². The van der Waals surface area contributed by atoms with E-state index in [9.17, 15) is 0 Å². The molecule has 74 valence electrons. The molecule has 10 nitrogen and oxygen atoms in total. The molecule has 0 spiro atoms. The highest BCUT2D eigenvalue weighted by Crippen LogP contribution is 1.24. The molecule has 3 amide bonds. The molecule has 2 radical (unpaired) electrons. The van der Waals surface area contributed by atoms with Crippen LogP contribution >= 0.6 is 0 Å². The number of hydrogen-bond donors (Lipinski definition) is 3. The highest BCUT2D eigenvalue weighted by Gasteiger charge is 3.00. The van der Waals surface area contributed by atoms with Gasteiger partial charge in [0.2, 0.25) is 0 Å². The van der Waals surface area contributed by atoms with E-state index in [4.69, 9.17) is 29.7 Å². The van der Waals surface area contributed by atoms with Crippen molar-refractivity contribution in [3.05, 3.63) is 0 Å². The summed E-state index contributed by atoms with van der Waals surface area (Å²) in [5, 5.41) is 26.0. The number of nitrogens with two attached hydrogens (primary N) is 3. The van der Waals surface area contributed by atoms with Gasteiger partial charge in [0.25, 0.3) is 0 Å². The molecule has 10 heteroatoms. The molecular weight excluding hydrogens is 188 g/mol. The van der Waals surface area contributed by atoms with Crippen LogP contribution in [0.25, 0.3) is 0 Å². The molecule has 0 rings (SSSR count). The zero-order valence-electron chi connectivity index (χ0n) is 6.13. The Kier molecular flexibility index (Phi) is 28.0. The van der Waals surface area contributed by atoms with Crippen LogP contribution in [0.1, 0.15) is 0 Å². The number of hydrogen-bond acceptors (Lipinski definition) is 6. The minimum Gasteiger partial charge on any atom is -0.530 e. The van der Waals surface area contributed by atoms with E-state index in [0.717, 1.165) is 0 Å². The highest BCUT2D eigenvalue weighted by atomic mass is 16.4. The second kappa shape index (κ2) is 16.3. The Labute approximate surface area is 72.5 Å². The molecule has 0 fully saturated rings. The van der Waals surface area contributed by atoms with Gasteiger partial charge in [-0.15, -0.1) is 0 Å². The summed E-state index contributed by atoms with van der Waals surface area (Å²) >= 11 is 0. The first-order valence-corrected chi connectivity index (χ1v) is 2.09. The van der Waals surface area contributed by atoms with Gasteiger partial charge in [0.1, 0.15) is 18.3 Å². The van der Waals surface area contributed by atoms with Crippen LogP contribution in [0.4, 0.5) is 14.4 Å². The number of rotatable bonds is 0. The van der Waals surface area contributed by atoms with Gasteiger partial charge < -0.3 is 46.9 Å². The quantitative estimate of drug-likeness (QED) is 0.339. The Bertz CT molecular complexity index is 117. The van der Waals surface area contributed by atoms with E-state index in [1.54, 1.807) is 0 Å². The molecule has 0 saturated carbocycles. The van der Waals surface area contributed by atoms with Crippen LogP contribution in [0.2, 0.25) is 0 Å². The highest BCUT2D eigenvalue weighted by molar-refractivity contribution is 5.59. The maximum atomic E-state index is 8.67. The van der Waals surface area contributed by atoms with Crippen molar-refractivity contribution >= 4 is 18.3 Å². The Hall–Kier alpha value is -2.48. The summed E-state index contributed by atoms with van der Waals surface area (Å²) in [5.74, 6) is 0. The fourth-order valence-electron chi connectivity index (χ4n) is 0. The topological polar surface area (TPSA) is 229 Å². The predicted molar refractivity (Wildman–Crippen MR) is 30.9 cm³/mol. The summed E-state index contributed by atoms with van der Waals surface area (Å²) in [5.41, 5.74) is 11.8. The summed E-state index contributed by atoms with van der Waals surface area (Å²) in [7, 11) is 0. The van der Waals surface area contributed by atoms with Crippen molar-refractivity contribution in [1.82, 2.24) is 6.15 Å². The number of carboxylic acid groups (broad SMARTS) is 3. The van der Waals surface area contributed by atoms with E-state index in [2.05, 4.69) is 17.2 Å². The first-order chi connectivity index (χ1) is 5.20. The van der Waals surface area contributed by atoms with Gasteiger partial charge in [0.05, 0.1) is 0 Å². The molecule has 0 aromatic heterocycles. The normalized spacial score (nSPS) is 5.54. The van der Waals surface area contributed by atoms with Gasteiger partial charge in [-0.1, -0.05) is 0 Å². The van der Waals surface area contributed by atoms with E-state index in [-0.39, 0.29) is 6.15 Å². The average molecular weight is 194 g/mol. The van der Waals surface area contributed by atoms with Crippen molar-refractivity contribution < 1.29 is 29.7 Å². The molecule has 6 N–H and O–H groups in total. The molecule has 0 saturated heterocycles. The van der Waals surface area contributed by atoms with E-state index >= 15 is 0 Å². The molecule has 0 atom stereocenters. The molecule has 13 heavy (non-hydrogen) atoms. The standard InChI is InChI=1S/3CH3NO2.N/c3*2-1(3)4;/h3*2H2,(H,3,4);/q;;;+3/p-3. The average Bonchev–Trinajstić information content (AvgIpc) is 1.54. The van der Waals surface area contributed by atoms with E-state index < -0.39 is 18.3 Å². The molecule has 0 bridgehead atoms. The summed E-state index contributed by atoms with van der Waals surface area (Å²) in [4.78, 5) is 26.0. The van der Waals surface area contributed by atoms with Crippen LogP contribution in [0.3, 0.4) is 0 Å². The predicted octanol–water partition coefficient (Wildman–Crippen LogP) is -5.62. The fourth-order valence-corrected chi connectivity index (χ4v) is 0. The van der Waals surface area contributed by atoms with Crippen LogP contribution in [-0.2, 0) is 0 Å². The number of primary amides is 3. The second-order valence-electron chi connectivity index (χ2n) is 0.957. The van der Waals surface area contributed by atoms with Crippen LogP contribution in [0.15, 0.2) is 0 Å². The largest absolute Gasteiger partial charge is 3.00 e. The van der Waals surface area contributed by atoms with E-state index in [0.29, 0.717) is 0 Å². The lowest BCUT2D eigenvalue weighted by Gasteiger charge is -1.78. The van der Waals surface area contributed by atoms with Gasteiger partial charge in [-0.25, -0.2) is 0 Å². The Balaban J connectivity index is -0.0000000450. The van der Waals surface area contributed by atoms with Crippen molar-refractivity contribution in [1.29, 1.82) is 0 Å². The van der Waals surface area contributed by atoms with Crippen LogP contribution in [0.5, 0.6) is 0 Å². The lowest BCUT2D eigenvalue weighted by Crippen LogP contribution is -2.29. The number of nitrogens with zero attached hydrogens (tertiary/aromatic N) is 1. The maximum Gasteiger partial charge on any atom is 3.00 e. The van der Waals surface area contributed by atoms with Gasteiger partial charge in [-0.2, -0.15) is 0 Å². The molecular formula is C3H6N4O6. The molecule has 0 aromatic rings. The summed E-state index contributed by atoms with van der Waals surface area (Å²) in [6, 6.07) is 0. The van der Waals surface area contributed by atoms with Gasteiger partial charge in [0, 0.05) is 0 Å². The zero-order chi connectivity index (χ0) is 10.7. The van der Waals surface area contributed by atoms with Crippen LogP contribution in [0, 0.1) is 0 Å². The molecule has 0 aliphatic heterocycles.